The molecule has 0 amide bonds. The van der Waals surface area contributed by atoms with Gasteiger partial charge in [0, 0.05) is 30.6 Å². The topological polar surface area (TPSA) is 86.1 Å². The highest BCUT2D eigenvalue weighted by Gasteiger charge is 2.27. The molecule has 2 aromatic carbocycles. The van der Waals surface area contributed by atoms with Gasteiger partial charge < -0.3 is 24.7 Å². The second-order valence-corrected chi connectivity index (χ2v) is 7.99. The van der Waals surface area contributed by atoms with Gasteiger partial charge in [-0.2, -0.15) is 4.98 Å². The van der Waals surface area contributed by atoms with Gasteiger partial charge in [-0.05, 0) is 17.7 Å². The van der Waals surface area contributed by atoms with Crippen molar-refractivity contribution in [3.05, 3.63) is 83.0 Å². The normalized spacial score (nSPS) is 15.1. The number of anilines is 3. The fourth-order valence-electron chi connectivity index (χ4n) is 4.02. The lowest BCUT2D eigenvalue weighted by atomic mass is 9.91. The average molecular weight is 463 g/mol. The van der Waals surface area contributed by atoms with Gasteiger partial charge >= 0.3 is 0 Å². The van der Waals surface area contributed by atoms with Crippen LogP contribution in [0.1, 0.15) is 22.7 Å². The molecule has 0 aliphatic carbocycles. The van der Waals surface area contributed by atoms with E-state index in [1.54, 1.807) is 19.6 Å². The molecular weight excluding hydrogens is 440 g/mol. The number of nitrogens with one attached hydrogen (secondary N) is 2. The standard InChI is InChI=1S/C24H23ClN6O2/c1-26-23-18-13-33-12-17(15-6-4-3-5-7-15)22(18)29-24(30-23)28-16-8-9-19(20(10-16)32-2)31-11-21(25)27-14-31/h3-11,14,17H,12-13H2,1-2H3,(H2,26,28,29,30). The molecular formula is C24H23ClN6O2. The zero-order valence-electron chi connectivity index (χ0n) is 18.2. The van der Waals surface area contributed by atoms with Crippen molar-refractivity contribution < 1.29 is 9.47 Å². The van der Waals surface area contributed by atoms with Gasteiger partial charge in [0.25, 0.3) is 0 Å². The summed E-state index contributed by atoms with van der Waals surface area (Å²) in [6.45, 7) is 1.05. The quantitative estimate of drug-likeness (QED) is 0.426. The predicted octanol–water partition coefficient (Wildman–Crippen LogP) is 4.77. The second-order valence-electron chi connectivity index (χ2n) is 7.60. The Bertz CT molecular complexity index is 1280. The Morgan fingerprint density at radius 3 is 2.73 bits per heavy atom. The molecule has 0 saturated carbocycles. The molecule has 1 aliphatic rings. The minimum absolute atomic E-state index is 0.0356. The van der Waals surface area contributed by atoms with E-state index in [-0.39, 0.29) is 5.92 Å². The van der Waals surface area contributed by atoms with Gasteiger partial charge in [0.2, 0.25) is 5.95 Å². The summed E-state index contributed by atoms with van der Waals surface area (Å²) in [5, 5.41) is 6.93. The van der Waals surface area contributed by atoms with Crippen LogP contribution in [0.25, 0.3) is 5.69 Å². The van der Waals surface area contributed by atoms with Crippen molar-refractivity contribution in [3.63, 3.8) is 0 Å². The van der Waals surface area contributed by atoms with Crippen molar-refractivity contribution in [1.29, 1.82) is 0 Å². The van der Waals surface area contributed by atoms with E-state index >= 15 is 0 Å². The number of rotatable bonds is 6. The predicted molar refractivity (Wildman–Crippen MR) is 128 cm³/mol. The largest absolute Gasteiger partial charge is 0.494 e. The number of halogens is 1. The van der Waals surface area contributed by atoms with Gasteiger partial charge in [-0.3, -0.25) is 0 Å². The van der Waals surface area contributed by atoms with E-state index < -0.39 is 0 Å². The van der Waals surface area contributed by atoms with Crippen molar-refractivity contribution in [2.45, 2.75) is 12.5 Å². The molecule has 9 heteroatoms. The lowest BCUT2D eigenvalue weighted by Crippen LogP contribution is -2.22. The molecule has 0 saturated heterocycles. The van der Waals surface area contributed by atoms with E-state index in [2.05, 4.69) is 32.7 Å². The molecule has 168 valence electrons. The monoisotopic (exact) mass is 462 g/mol. The summed E-state index contributed by atoms with van der Waals surface area (Å²) in [6, 6.07) is 16.0. The first kappa shape index (κ1) is 21.2. The van der Waals surface area contributed by atoms with Gasteiger partial charge in [0.15, 0.2) is 0 Å². The zero-order chi connectivity index (χ0) is 22.8. The minimum Gasteiger partial charge on any atom is -0.494 e. The van der Waals surface area contributed by atoms with Gasteiger partial charge in [0.1, 0.15) is 23.0 Å². The summed E-state index contributed by atoms with van der Waals surface area (Å²) in [6.07, 6.45) is 3.37. The Labute approximate surface area is 196 Å². The number of nitrogens with zero attached hydrogens (tertiary/aromatic N) is 4. The SMILES string of the molecule is CNc1nc(Nc2ccc(-n3cnc(Cl)c3)c(OC)c2)nc2c1COCC2c1ccccc1. The molecule has 3 heterocycles. The number of fused-ring (bicyclic) bond motifs is 1. The highest BCUT2D eigenvalue weighted by atomic mass is 35.5. The van der Waals surface area contributed by atoms with Crippen LogP contribution in [-0.2, 0) is 11.3 Å². The van der Waals surface area contributed by atoms with Crippen LogP contribution in [0.4, 0.5) is 17.5 Å². The maximum Gasteiger partial charge on any atom is 0.229 e. The lowest BCUT2D eigenvalue weighted by molar-refractivity contribution is 0.0979. The molecule has 4 aromatic rings. The Kier molecular flexibility index (Phi) is 5.85. The smallest absolute Gasteiger partial charge is 0.229 e. The number of ether oxygens (including phenoxy) is 2. The third-order valence-electron chi connectivity index (χ3n) is 5.60. The van der Waals surface area contributed by atoms with E-state index in [1.807, 2.05) is 48.0 Å². The van der Waals surface area contributed by atoms with Gasteiger partial charge in [-0.1, -0.05) is 41.9 Å². The number of methoxy groups -OCH3 is 1. The molecule has 0 radical (unpaired) electrons. The summed E-state index contributed by atoms with van der Waals surface area (Å²) in [5.41, 5.74) is 4.73. The number of aromatic nitrogens is 4. The summed E-state index contributed by atoms with van der Waals surface area (Å²) < 4.78 is 13.3. The van der Waals surface area contributed by atoms with E-state index in [0.29, 0.717) is 30.1 Å². The molecule has 8 nitrogen and oxygen atoms in total. The molecule has 2 aromatic heterocycles. The Hall–Kier alpha value is -3.62. The Morgan fingerprint density at radius 2 is 2.00 bits per heavy atom. The van der Waals surface area contributed by atoms with Crippen LogP contribution in [-0.4, -0.2) is 40.3 Å². The van der Waals surface area contributed by atoms with Crippen molar-refractivity contribution in [1.82, 2.24) is 19.5 Å². The number of benzene rings is 2. The van der Waals surface area contributed by atoms with Crippen LogP contribution >= 0.6 is 11.6 Å². The fourth-order valence-corrected chi connectivity index (χ4v) is 4.17. The van der Waals surface area contributed by atoms with E-state index in [1.165, 1.54) is 0 Å². The summed E-state index contributed by atoms with van der Waals surface area (Å²) in [5.74, 6) is 1.95. The van der Waals surface area contributed by atoms with Crippen molar-refractivity contribution >= 4 is 29.1 Å². The maximum absolute atomic E-state index is 5.97. The van der Waals surface area contributed by atoms with Crippen molar-refractivity contribution in [3.8, 4) is 11.4 Å². The van der Waals surface area contributed by atoms with Crippen LogP contribution in [0.2, 0.25) is 5.15 Å². The first-order valence-electron chi connectivity index (χ1n) is 10.5. The van der Waals surface area contributed by atoms with Crippen molar-refractivity contribution in [2.75, 3.05) is 31.4 Å². The van der Waals surface area contributed by atoms with Gasteiger partial charge in [0.05, 0.1) is 37.6 Å². The van der Waals surface area contributed by atoms with Crippen LogP contribution in [0, 0.1) is 0 Å². The van der Waals surface area contributed by atoms with Crippen LogP contribution in [0.15, 0.2) is 61.1 Å². The highest BCUT2D eigenvalue weighted by Crippen LogP contribution is 2.35. The average Bonchev–Trinajstić information content (AvgIpc) is 3.29. The molecule has 0 fully saturated rings. The summed E-state index contributed by atoms with van der Waals surface area (Å²) >= 11 is 5.97. The Balaban J connectivity index is 1.50. The van der Waals surface area contributed by atoms with Crippen molar-refractivity contribution in [2.24, 2.45) is 0 Å². The van der Waals surface area contributed by atoms with E-state index in [0.717, 1.165) is 34.0 Å². The lowest BCUT2D eigenvalue weighted by Gasteiger charge is -2.27. The molecule has 1 unspecified atom stereocenters. The third kappa shape index (κ3) is 4.22. The maximum atomic E-state index is 5.97. The van der Waals surface area contributed by atoms with Crippen LogP contribution < -0.4 is 15.4 Å². The Morgan fingerprint density at radius 1 is 1.15 bits per heavy atom. The molecule has 2 N–H and O–H groups in total. The molecule has 1 atom stereocenters. The molecule has 33 heavy (non-hydrogen) atoms. The van der Waals surface area contributed by atoms with Gasteiger partial charge in [-0.15, -0.1) is 0 Å². The first-order valence-corrected chi connectivity index (χ1v) is 10.9. The second kappa shape index (κ2) is 9.09. The highest BCUT2D eigenvalue weighted by molar-refractivity contribution is 6.29. The summed E-state index contributed by atoms with van der Waals surface area (Å²) in [7, 11) is 3.48. The molecule has 5 rings (SSSR count). The van der Waals surface area contributed by atoms with Crippen LogP contribution in [0.3, 0.4) is 0 Å². The van der Waals surface area contributed by atoms with E-state index in [9.17, 15) is 0 Å². The molecule has 0 bridgehead atoms. The van der Waals surface area contributed by atoms with Gasteiger partial charge in [-0.25, -0.2) is 9.97 Å². The van der Waals surface area contributed by atoms with Crippen LogP contribution in [0.5, 0.6) is 5.75 Å². The number of hydrogen-bond acceptors (Lipinski definition) is 7. The van der Waals surface area contributed by atoms with E-state index in [4.69, 9.17) is 26.1 Å². The fraction of sp³-hybridized carbons (Fsp3) is 0.208. The number of hydrogen-bond donors (Lipinski definition) is 2. The first-order chi connectivity index (χ1) is 16.2. The molecule has 1 aliphatic heterocycles. The third-order valence-corrected chi connectivity index (χ3v) is 5.80. The number of imidazole rings is 1. The zero-order valence-corrected chi connectivity index (χ0v) is 19.0. The minimum atomic E-state index is 0.0356. The summed E-state index contributed by atoms with van der Waals surface area (Å²) in [4.78, 5) is 13.6. The molecule has 0 spiro atoms.